The number of likely N-dealkylation sites (N-methyl/N-ethyl adjacent to an activating group) is 2. The van der Waals surface area contributed by atoms with E-state index in [9.17, 15) is 0 Å². The lowest BCUT2D eigenvalue weighted by atomic mass is 10.4. The molecular weight excluding hydrogens is 276 g/mol. The van der Waals surface area contributed by atoms with Gasteiger partial charge in [-0.05, 0) is 13.8 Å². The number of rotatable bonds is 11. The van der Waals surface area contributed by atoms with Gasteiger partial charge in [0, 0.05) is 25.7 Å². The first-order valence-electron chi connectivity index (χ1n) is 9.60. The molecule has 0 amide bonds. The molecule has 2 aliphatic rings. The van der Waals surface area contributed by atoms with Crippen LogP contribution >= 0.6 is 0 Å². The Morgan fingerprint density at radius 1 is 0.591 bits per heavy atom. The van der Waals surface area contributed by atoms with Crippen LogP contribution in [0.5, 0.6) is 0 Å². The van der Waals surface area contributed by atoms with Crippen LogP contribution in [0.3, 0.4) is 0 Å². The molecule has 0 aromatic heterocycles. The summed E-state index contributed by atoms with van der Waals surface area (Å²) in [6.45, 7) is 18.3. The van der Waals surface area contributed by atoms with E-state index in [2.05, 4.69) is 13.8 Å². The van der Waals surface area contributed by atoms with Gasteiger partial charge in [-0.15, -0.1) is 0 Å². The lowest BCUT2D eigenvalue weighted by molar-refractivity contribution is -0.915. The highest BCUT2D eigenvalue weighted by atomic mass is 16.5. The van der Waals surface area contributed by atoms with E-state index >= 15 is 0 Å². The summed E-state index contributed by atoms with van der Waals surface area (Å²) >= 11 is 0. The van der Waals surface area contributed by atoms with Crippen LogP contribution in [0.15, 0.2) is 0 Å². The zero-order chi connectivity index (χ0) is 15.7. The van der Waals surface area contributed by atoms with Crippen LogP contribution in [0.4, 0.5) is 0 Å². The van der Waals surface area contributed by atoms with Crippen molar-refractivity contribution in [2.75, 3.05) is 78.8 Å². The molecule has 2 heterocycles. The first-order chi connectivity index (χ1) is 10.7. The van der Waals surface area contributed by atoms with Gasteiger partial charge in [0.25, 0.3) is 0 Å². The van der Waals surface area contributed by atoms with Crippen LogP contribution < -0.4 is 0 Å². The molecule has 0 aromatic carbocycles. The van der Waals surface area contributed by atoms with Crippen molar-refractivity contribution >= 4 is 0 Å². The molecule has 0 unspecified atom stereocenters. The molecule has 4 heteroatoms. The quantitative estimate of drug-likeness (QED) is 0.430. The topological polar surface area (TPSA) is 18.5 Å². The van der Waals surface area contributed by atoms with Crippen molar-refractivity contribution in [3.8, 4) is 0 Å². The van der Waals surface area contributed by atoms with Gasteiger partial charge in [0.15, 0.2) is 0 Å². The van der Waals surface area contributed by atoms with Crippen LogP contribution in [0.25, 0.3) is 0 Å². The minimum absolute atomic E-state index is 0.760. The Balaban J connectivity index is 1.46. The second kappa shape index (κ2) is 9.21. The first kappa shape index (κ1) is 18.2. The van der Waals surface area contributed by atoms with Gasteiger partial charge in [-0.3, -0.25) is 0 Å². The summed E-state index contributed by atoms with van der Waals surface area (Å²) in [6, 6.07) is 0. The van der Waals surface area contributed by atoms with Gasteiger partial charge in [-0.25, -0.2) is 0 Å². The molecule has 22 heavy (non-hydrogen) atoms. The van der Waals surface area contributed by atoms with Crippen molar-refractivity contribution in [1.29, 1.82) is 0 Å². The van der Waals surface area contributed by atoms with Crippen LogP contribution in [-0.2, 0) is 9.47 Å². The second-order valence-electron chi connectivity index (χ2n) is 7.30. The Labute approximate surface area is 137 Å². The molecular formula is C18H38N2O2+2. The number of hydrogen-bond donors (Lipinski definition) is 0. The molecule has 0 N–H and O–H groups in total. The van der Waals surface area contributed by atoms with Gasteiger partial charge in [0.05, 0.1) is 65.7 Å². The highest BCUT2D eigenvalue weighted by Crippen LogP contribution is 2.19. The van der Waals surface area contributed by atoms with Crippen molar-refractivity contribution in [2.45, 2.75) is 39.5 Å². The Kier molecular flexibility index (Phi) is 7.61. The van der Waals surface area contributed by atoms with Crippen LogP contribution in [-0.4, -0.2) is 87.8 Å². The molecule has 0 bridgehead atoms. The predicted octanol–water partition coefficient (Wildman–Crippen LogP) is 2.28. The van der Waals surface area contributed by atoms with Gasteiger partial charge < -0.3 is 18.4 Å². The minimum Gasteiger partial charge on any atom is -0.373 e. The van der Waals surface area contributed by atoms with E-state index in [0.717, 1.165) is 26.4 Å². The SMILES string of the molecule is CC[N+]1(CCOCCOCC[N+]2(CC)CCCC2)CCCC1. The third kappa shape index (κ3) is 5.19. The summed E-state index contributed by atoms with van der Waals surface area (Å²) in [5, 5.41) is 0. The van der Waals surface area contributed by atoms with Gasteiger partial charge in [-0.2, -0.15) is 0 Å². The second-order valence-corrected chi connectivity index (χ2v) is 7.30. The summed E-state index contributed by atoms with van der Waals surface area (Å²) in [7, 11) is 0. The summed E-state index contributed by atoms with van der Waals surface area (Å²) in [5.74, 6) is 0. The monoisotopic (exact) mass is 314 g/mol. The molecule has 4 nitrogen and oxygen atoms in total. The van der Waals surface area contributed by atoms with Gasteiger partial charge >= 0.3 is 0 Å². The molecule has 130 valence electrons. The van der Waals surface area contributed by atoms with Crippen LogP contribution in [0.2, 0.25) is 0 Å². The maximum absolute atomic E-state index is 5.80. The average Bonchev–Trinajstić information content (AvgIpc) is 3.20. The Morgan fingerprint density at radius 2 is 0.955 bits per heavy atom. The molecule has 2 aliphatic heterocycles. The van der Waals surface area contributed by atoms with Crippen molar-refractivity contribution in [3.05, 3.63) is 0 Å². The lowest BCUT2D eigenvalue weighted by Crippen LogP contribution is -2.47. The van der Waals surface area contributed by atoms with Gasteiger partial charge in [0.1, 0.15) is 13.1 Å². The van der Waals surface area contributed by atoms with Crippen molar-refractivity contribution in [3.63, 3.8) is 0 Å². The molecule has 2 rings (SSSR count). The van der Waals surface area contributed by atoms with E-state index in [4.69, 9.17) is 9.47 Å². The van der Waals surface area contributed by atoms with E-state index in [-0.39, 0.29) is 0 Å². The predicted molar refractivity (Wildman–Crippen MR) is 90.9 cm³/mol. The zero-order valence-corrected chi connectivity index (χ0v) is 15.0. The summed E-state index contributed by atoms with van der Waals surface area (Å²) in [6.07, 6.45) is 5.59. The largest absolute Gasteiger partial charge is 0.373 e. The van der Waals surface area contributed by atoms with E-state index in [1.165, 1.54) is 87.0 Å². The number of ether oxygens (including phenoxy) is 2. The molecule has 2 fully saturated rings. The van der Waals surface area contributed by atoms with Crippen LogP contribution in [0.1, 0.15) is 39.5 Å². The highest BCUT2D eigenvalue weighted by molar-refractivity contribution is 4.54. The number of likely N-dealkylation sites (tertiary alicyclic amines) is 2. The third-order valence-corrected chi connectivity index (χ3v) is 6.16. The maximum atomic E-state index is 5.80. The number of hydrogen-bond acceptors (Lipinski definition) is 2. The van der Waals surface area contributed by atoms with Crippen molar-refractivity contribution in [1.82, 2.24) is 0 Å². The average molecular weight is 315 g/mol. The fraction of sp³-hybridized carbons (Fsp3) is 1.00. The van der Waals surface area contributed by atoms with Crippen molar-refractivity contribution < 1.29 is 18.4 Å². The number of quaternary nitrogens is 2. The van der Waals surface area contributed by atoms with Crippen LogP contribution in [0, 0.1) is 0 Å². The summed E-state index contributed by atoms with van der Waals surface area (Å²) < 4.78 is 14.2. The highest BCUT2D eigenvalue weighted by Gasteiger charge is 2.30. The molecule has 0 saturated carbocycles. The fourth-order valence-electron chi connectivity index (χ4n) is 4.25. The van der Waals surface area contributed by atoms with E-state index in [1.807, 2.05) is 0 Å². The molecule has 0 radical (unpaired) electrons. The Hall–Kier alpha value is -0.160. The maximum Gasteiger partial charge on any atom is 0.102 e. The first-order valence-corrected chi connectivity index (χ1v) is 9.60. The minimum atomic E-state index is 0.760. The van der Waals surface area contributed by atoms with Gasteiger partial charge in [-0.1, -0.05) is 0 Å². The number of nitrogens with zero attached hydrogens (tertiary/aromatic N) is 2. The summed E-state index contributed by atoms with van der Waals surface area (Å²) in [4.78, 5) is 0. The normalized spacial score (nSPS) is 23.2. The fourth-order valence-corrected chi connectivity index (χ4v) is 4.25. The smallest absolute Gasteiger partial charge is 0.102 e. The summed E-state index contributed by atoms with van der Waals surface area (Å²) in [5.41, 5.74) is 0. The van der Waals surface area contributed by atoms with E-state index < -0.39 is 0 Å². The van der Waals surface area contributed by atoms with E-state index in [1.54, 1.807) is 0 Å². The molecule has 0 aromatic rings. The standard InChI is InChI=1S/C18H38N2O2/c1-3-19(9-5-6-10-19)13-15-21-17-18-22-16-14-20(4-2)11-7-8-12-20/h3-18H2,1-2H3/q+2. The van der Waals surface area contributed by atoms with Crippen molar-refractivity contribution in [2.24, 2.45) is 0 Å². The van der Waals surface area contributed by atoms with Gasteiger partial charge in [0.2, 0.25) is 0 Å². The Bertz CT molecular complexity index is 267. The third-order valence-electron chi connectivity index (χ3n) is 6.16. The zero-order valence-electron chi connectivity index (χ0n) is 15.0. The molecule has 2 saturated heterocycles. The molecule has 0 spiro atoms. The molecule has 0 aliphatic carbocycles. The van der Waals surface area contributed by atoms with E-state index in [0.29, 0.717) is 0 Å². The molecule has 0 atom stereocenters. The lowest BCUT2D eigenvalue weighted by Gasteiger charge is -2.33. The Morgan fingerprint density at radius 3 is 1.27 bits per heavy atom.